The van der Waals surface area contributed by atoms with Gasteiger partial charge in [-0.15, -0.1) is 0 Å². The van der Waals surface area contributed by atoms with E-state index in [1.165, 1.54) is 7.11 Å². The van der Waals surface area contributed by atoms with E-state index in [0.29, 0.717) is 29.5 Å². The van der Waals surface area contributed by atoms with Crippen molar-refractivity contribution in [2.24, 2.45) is 0 Å². The van der Waals surface area contributed by atoms with Crippen molar-refractivity contribution in [2.45, 2.75) is 20.3 Å². The van der Waals surface area contributed by atoms with Crippen molar-refractivity contribution >= 4 is 33.4 Å². The predicted octanol–water partition coefficient (Wildman–Crippen LogP) is 3.05. The van der Waals surface area contributed by atoms with Crippen LogP contribution >= 0.6 is 15.9 Å². The molecule has 0 atom stereocenters. The number of allylic oxidation sites excluding steroid dienone is 1. The van der Waals surface area contributed by atoms with Crippen LogP contribution in [0, 0.1) is 6.92 Å². The van der Waals surface area contributed by atoms with Gasteiger partial charge in [-0.1, -0.05) is 22.0 Å². The summed E-state index contributed by atoms with van der Waals surface area (Å²) in [5.74, 6) is -0.715. The van der Waals surface area contributed by atoms with E-state index in [0.717, 1.165) is 22.3 Å². The molecule has 0 spiro atoms. The topological polar surface area (TPSA) is 52.6 Å². The molecular formula is C16H17BrO4. The number of hydrogen-bond donors (Lipinski definition) is 0. The summed E-state index contributed by atoms with van der Waals surface area (Å²) in [4.78, 5) is 24.1. The Bertz CT molecular complexity index is 631. The largest absolute Gasteiger partial charge is 0.465 e. The molecule has 1 aromatic carbocycles. The monoisotopic (exact) mass is 352 g/mol. The Kier molecular flexibility index (Phi) is 4.83. The number of esters is 2. The van der Waals surface area contributed by atoms with Gasteiger partial charge in [-0.3, -0.25) is 0 Å². The van der Waals surface area contributed by atoms with E-state index >= 15 is 0 Å². The average Bonchev–Trinajstić information content (AvgIpc) is 2.87. The number of ether oxygens (including phenoxy) is 2. The smallest absolute Gasteiger partial charge is 0.338 e. The number of carbonyl (C=O) groups excluding carboxylic acids is 2. The Labute approximate surface area is 132 Å². The van der Waals surface area contributed by atoms with Crippen molar-refractivity contribution in [3.63, 3.8) is 0 Å². The van der Waals surface area contributed by atoms with Crippen molar-refractivity contribution in [3.8, 4) is 0 Å². The molecule has 1 aliphatic rings. The van der Waals surface area contributed by atoms with Crippen LogP contribution in [0.3, 0.4) is 0 Å². The Morgan fingerprint density at radius 3 is 2.57 bits per heavy atom. The number of fused-ring (bicyclic) bond motifs is 1. The predicted molar refractivity (Wildman–Crippen MR) is 83.6 cm³/mol. The van der Waals surface area contributed by atoms with E-state index in [4.69, 9.17) is 9.47 Å². The van der Waals surface area contributed by atoms with Gasteiger partial charge in [-0.05, 0) is 42.2 Å². The highest BCUT2D eigenvalue weighted by atomic mass is 79.9. The van der Waals surface area contributed by atoms with E-state index < -0.39 is 5.97 Å². The van der Waals surface area contributed by atoms with Crippen molar-refractivity contribution < 1.29 is 19.1 Å². The fraction of sp³-hybridized carbons (Fsp3) is 0.375. The van der Waals surface area contributed by atoms with Gasteiger partial charge in [0.15, 0.2) is 0 Å². The number of rotatable bonds is 4. The first-order valence-corrected chi connectivity index (χ1v) is 7.83. The lowest BCUT2D eigenvalue weighted by molar-refractivity contribution is -0.138. The number of alkyl halides is 1. The summed E-state index contributed by atoms with van der Waals surface area (Å²) in [6.45, 7) is 4.08. The number of carbonyl (C=O) groups is 2. The zero-order valence-corrected chi connectivity index (χ0v) is 13.9. The van der Waals surface area contributed by atoms with Gasteiger partial charge in [0, 0.05) is 17.3 Å². The molecule has 21 heavy (non-hydrogen) atoms. The third-order valence-corrected chi connectivity index (χ3v) is 4.19. The molecule has 4 nitrogen and oxygen atoms in total. The third-order valence-electron chi connectivity index (χ3n) is 3.63. The maximum absolute atomic E-state index is 12.1. The van der Waals surface area contributed by atoms with Gasteiger partial charge in [0.1, 0.15) is 0 Å². The minimum absolute atomic E-state index is 0.321. The lowest BCUT2D eigenvalue weighted by Gasteiger charge is -2.11. The molecule has 0 aromatic heterocycles. The first kappa shape index (κ1) is 15.8. The molecule has 2 rings (SSSR count). The van der Waals surface area contributed by atoms with E-state index in [2.05, 4.69) is 15.9 Å². The molecule has 0 amide bonds. The summed E-state index contributed by atoms with van der Waals surface area (Å²) >= 11 is 3.42. The van der Waals surface area contributed by atoms with Crippen LogP contribution in [0.4, 0.5) is 0 Å². The van der Waals surface area contributed by atoms with Gasteiger partial charge < -0.3 is 9.47 Å². The number of hydrogen-bond acceptors (Lipinski definition) is 4. The number of halogens is 1. The summed E-state index contributed by atoms with van der Waals surface area (Å²) in [6.07, 6.45) is 0.492. The standard InChI is InChI=1S/C16H17BrO4/c1-4-21-16(19)12-7-11-9(2)5-6-10(15(18)20-3)14(11)13(12)8-17/h5-6H,4,7-8H2,1-3H3. The third kappa shape index (κ3) is 2.75. The summed E-state index contributed by atoms with van der Waals surface area (Å²) in [5, 5.41) is 0.488. The first-order valence-electron chi connectivity index (χ1n) is 6.71. The van der Waals surface area contributed by atoms with Crippen LogP contribution in [0.1, 0.15) is 34.0 Å². The quantitative estimate of drug-likeness (QED) is 0.617. The molecule has 0 aliphatic heterocycles. The molecule has 0 bridgehead atoms. The van der Waals surface area contributed by atoms with Gasteiger partial charge in [0.25, 0.3) is 0 Å². The van der Waals surface area contributed by atoms with Crippen LogP contribution in [0.5, 0.6) is 0 Å². The fourth-order valence-corrected chi connectivity index (χ4v) is 3.22. The minimum Gasteiger partial charge on any atom is -0.465 e. The van der Waals surface area contributed by atoms with Crippen LogP contribution in [-0.4, -0.2) is 31.0 Å². The minimum atomic E-state index is -0.394. The molecule has 0 N–H and O–H groups in total. The van der Waals surface area contributed by atoms with Gasteiger partial charge >= 0.3 is 11.9 Å². The summed E-state index contributed by atoms with van der Waals surface area (Å²) in [7, 11) is 1.35. The summed E-state index contributed by atoms with van der Waals surface area (Å²) in [6, 6.07) is 3.63. The summed E-state index contributed by atoms with van der Waals surface area (Å²) in [5.41, 5.74) is 4.77. The molecule has 0 saturated heterocycles. The maximum Gasteiger partial charge on any atom is 0.338 e. The number of aryl methyl sites for hydroxylation is 1. The van der Waals surface area contributed by atoms with E-state index in [-0.39, 0.29) is 5.97 Å². The van der Waals surface area contributed by atoms with Crippen molar-refractivity contribution in [3.05, 3.63) is 40.0 Å². The summed E-state index contributed by atoms with van der Waals surface area (Å²) < 4.78 is 9.97. The van der Waals surface area contributed by atoms with Crippen molar-refractivity contribution in [2.75, 3.05) is 19.0 Å². The molecular weight excluding hydrogens is 336 g/mol. The zero-order valence-electron chi connectivity index (χ0n) is 12.3. The Balaban J connectivity index is 2.61. The molecule has 112 valence electrons. The highest BCUT2D eigenvalue weighted by Gasteiger charge is 2.31. The second-order valence-corrected chi connectivity index (χ2v) is 5.32. The van der Waals surface area contributed by atoms with Gasteiger partial charge in [-0.25, -0.2) is 9.59 Å². The van der Waals surface area contributed by atoms with Crippen LogP contribution in [0.25, 0.3) is 5.57 Å². The number of methoxy groups -OCH3 is 1. The van der Waals surface area contributed by atoms with Gasteiger partial charge in [0.2, 0.25) is 0 Å². The highest BCUT2D eigenvalue weighted by Crippen LogP contribution is 2.39. The Hall–Kier alpha value is -1.62. The molecule has 1 aliphatic carbocycles. The first-order chi connectivity index (χ1) is 10.0. The Morgan fingerprint density at radius 1 is 1.29 bits per heavy atom. The SMILES string of the molecule is CCOC(=O)C1=C(CBr)c2c(C(=O)OC)ccc(C)c2C1. The van der Waals surface area contributed by atoms with Crippen LogP contribution < -0.4 is 0 Å². The molecule has 0 saturated carbocycles. The highest BCUT2D eigenvalue weighted by molar-refractivity contribution is 9.09. The van der Waals surface area contributed by atoms with Gasteiger partial charge in [-0.2, -0.15) is 0 Å². The molecule has 0 heterocycles. The second-order valence-electron chi connectivity index (χ2n) is 4.76. The molecule has 0 fully saturated rings. The molecule has 5 heteroatoms. The van der Waals surface area contributed by atoms with Crippen LogP contribution in [-0.2, 0) is 20.7 Å². The Morgan fingerprint density at radius 2 is 2.00 bits per heavy atom. The van der Waals surface area contributed by atoms with Crippen LogP contribution in [0.2, 0.25) is 0 Å². The second kappa shape index (κ2) is 6.43. The lowest BCUT2D eigenvalue weighted by atomic mass is 9.96. The fourth-order valence-electron chi connectivity index (χ4n) is 2.60. The van der Waals surface area contributed by atoms with E-state index in [1.54, 1.807) is 13.0 Å². The average molecular weight is 353 g/mol. The van der Waals surface area contributed by atoms with Crippen LogP contribution in [0.15, 0.2) is 17.7 Å². The van der Waals surface area contributed by atoms with Crippen molar-refractivity contribution in [1.29, 1.82) is 0 Å². The van der Waals surface area contributed by atoms with Crippen molar-refractivity contribution in [1.82, 2.24) is 0 Å². The lowest BCUT2D eigenvalue weighted by Crippen LogP contribution is -2.09. The van der Waals surface area contributed by atoms with E-state index in [1.807, 2.05) is 13.0 Å². The zero-order chi connectivity index (χ0) is 15.6. The van der Waals surface area contributed by atoms with Gasteiger partial charge in [0.05, 0.1) is 19.3 Å². The normalized spacial score (nSPS) is 13.1. The molecule has 1 aromatic rings. The molecule has 0 radical (unpaired) electrons. The maximum atomic E-state index is 12.1. The molecule has 0 unspecified atom stereocenters. The number of benzene rings is 1. The van der Waals surface area contributed by atoms with E-state index in [9.17, 15) is 9.59 Å².